The first-order chi connectivity index (χ1) is 6.84. The van der Waals surface area contributed by atoms with Gasteiger partial charge in [0.2, 0.25) is 0 Å². The largest absolute Gasteiger partial charge is 0.469 e. The van der Waals surface area contributed by atoms with Crippen molar-refractivity contribution in [1.29, 1.82) is 0 Å². The molecule has 0 aliphatic carbocycles. The van der Waals surface area contributed by atoms with Crippen molar-refractivity contribution in [2.75, 3.05) is 0 Å². The summed E-state index contributed by atoms with van der Waals surface area (Å²) < 4.78 is 5.09. The van der Waals surface area contributed by atoms with Crippen LogP contribution in [0.4, 0.5) is 0 Å². The molecule has 0 saturated carbocycles. The van der Waals surface area contributed by atoms with Gasteiger partial charge < -0.3 is 9.73 Å². The van der Waals surface area contributed by atoms with E-state index in [9.17, 15) is 4.79 Å². The standard InChI is InChI=1S/C11H16BrNO2/c1-7-9(5-6-15-7)10(14)13-11(3,4)8(2)12/h5-6,8H,1-4H3,(H,13,14). The second kappa shape index (κ2) is 4.39. The van der Waals surface area contributed by atoms with E-state index >= 15 is 0 Å². The van der Waals surface area contributed by atoms with E-state index in [2.05, 4.69) is 21.2 Å². The van der Waals surface area contributed by atoms with Crippen LogP contribution in [0.1, 0.15) is 36.9 Å². The van der Waals surface area contributed by atoms with Crippen LogP contribution in [0, 0.1) is 6.92 Å². The van der Waals surface area contributed by atoms with E-state index in [0.29, 0.717) is 11.3 Å². The van der Waals surface area contributed by atoms with Gasteiger partial charge in [-0.05, 0) is 26.8 Å². The summed E-state index contributed by atoms with van der Waals surface area (Å²) >= 11 is 3.47. The molecule has 0 bridgehead atoms. The molecule has 1 aromatic rings. The maximum absolute atomic E-state index is 11.9. The van der Waals surface area contributed by atoms with Crippen molar-refractivity contribution in [1.82, 2.24) is 5.32 Å². The average molecular weight is 274 g/mol. The monoisotopic (exact) mass is 273 g/mol. The first kappa shape index (κ1) is 12.3. The van der Waals surface area contributed by atoms with Crippen molar-refractivity contribution >= 4 is 21.8 Å². The van der Waals surface area contributed by atoms with E-state index in [4.69, 9.17) is 4.42 Å². The average Bonchev–Trinajstić information content (AvgIpc) is 2.50. The summed E-state index contributed by atoms with van der Waals surface area (Å²) in [6.07, 6.45) is 1.52. The van der Waals surface area contributed by atoms with Crippen LogP contribution in [0.15, 0.2) is 16.7 Å². The highest BCUT2D eigenvalue weighted by atomic mass is 79.9. The Hall–Kier alpha value is -0.770. The molecule has 0 aromatic carbocycles. The van der Waals surface area contributed by atoms with Crippen LogP contribution >= 0.6 is 15.9 Å². The summed E-state index contributed by atoms with van der Waals surface area (Å²) in [6.45, 7) is 7.72. The molecular formula is C11H16BrNO2. The highest BCUT2D eigenvalue weighted by molar-refractivity contribution is 9.09. The highest BCUT2D eigenvalue weighted by Gasteiger charge is 2.27. The molecule has 0 saturated heterocycles. The van der Waals surface area contributed by atoms with Crippen LogP contribution in [0.2, 0.25) is 0 Å². The molecule has 0 aliphatic rings. The molecule has 1 rings (SSSR count). The molecule has 1 N–H and O–H groups in total. The molecular weight excluding hydrogens is 258 g/mol. The van der Waals surface area contributed by atoms with Crippen molar-refractivity contribution < 1.29 is 9.21 Å². The highest BCUT2D eigenvalue weighted by Crippen LogP contribution is 2.18. The van der Waals surface area contributed by atoms with E-state index in [0.717, 1.165) is 0 Å². The fraction of sp³-hybridized carbons (Fsp3) is 0.545. The Morgan fingerprint density at radius 1 is 1.60 bits per heavy atom. The zero-order valence-electron chi connectivity index (χ0n) is 9.43. The number of halogens is 1. The van der Waals surface area contributed by atoms with Crippen molar-refractivity contribution in [3.8, 4) is 0 Å². The Morgan fingerprint density at radius 2 is 2.20 bits per heavy atom. The normalized spacial score (nSPS) is 13.7. The Morgan fingerprint density at radius 3 is 2.60 bits per heavy atom. The van der Waals surface area contributed by atoms with Gasteiger partial charge in [0, 0.05) is 10.4 Å². The molecule has 3 nitrogen and oxygen atoms in total. The molecule has 0 fully saturated rings. The number of carbonyl (C=O) groups excluding carboxylic acids is 1. The molecule has 1 unspecified atom stereocenters. The lowest BCUT2D eigenvalue weighted by Crippen LogP contribution is -2.48. The molecule has 1 amide bonds. The second-order valence-corrected chi connectivity index (χ2v) is 5.56. The minimum absolute atomic E-state index is 0.0995. The van der Waals surface area contributed by atoms with E-state index in [-0.39, 0.29) is 16.3 Å². The number of nitrogens with one attached hydrogen (secondary N) is 1. The molecule has 0 radical (unpaired) electrons. The number of carbonyl (C=O) groups is 1. The van der Waals surface area contributed by atoms with Gasteiger partial charge in [-0.2, -0.15) is 0 Å². The van der Waals surface area contributed by atoms with Gasteiger partial charge in [-0.3, -0.25) is 4.79 Å². The lowest BCUT2D eigenvalue weighted by molar-refractivity contribution is 0.0912. The Balaban J connectivity index is 2.77. The summed E-state index contributed by atoms with van der Waals surface area (Å²) in [5.74, 6) is 0.545. The number of amides is 1. The van der Waals surface area contributed by atoms with Crippen LogP contribution in [0.5, 0.6) is 0 Å². The van der Waals surface area contributed by atoms with E-state index in [1.165, 1.54) is 6.26 Å². The predicted molar refractivity (Wildman–Crippen MR) is 63.4 cm³/mol. The van der Waals surface area contributed by atoms with Crippen LogP contribution in [-0.4, -0.2) is 16.3 Å². The third-order valence-corrected chi connectivity index (χ3v) is 3.68. The lowest BCUT2D eigenvalue weighted by atomic mass is 10.0. The Bertz CT molecular complexity index is 355. The lowest BCUT2D eigenvalue weighted by Gasteiger charge is -2.29. The van der Waals surface area contributed by atoms with Crippen LogP contribution in [0.3, 0.4) is 0 Å². The van der Waals surface area contributed by atoms with Gasteiger partial charge in [0.15, 0.2) is 0 Å². The van der Waals surface area contributed by atoms with Crippen molar-refractivity contribution in [2.24, 2.45) is 0 Å². The van der Waals surface area contributed by atoms with Gasteiger partial charge in [-0.25, -0.2) is 0 Å². The number of rotatable bonds is 3. The van der Waals surface area contributed by atoms with E-state index in [1.807, 2.05) is 20.8 Å². The molecule has 0 spiro atoms. The molecule has 4 heteroatoms. The number of hydrogen-bond donors (Lipinski definition) is 1. The number of hydrogen-bond acceptors (Lipinski definition) is 2. The second-order valence-electron chi connectivity index (χ2n) is 4.18. The van der Waals surface area contributed by atoms with Crippen molar-refractivity contribution in [2.45, 2.75) is 38.1 Å². The summed E-state index contributed by atoms with van der Waals surface area (Å²) in [4.78, 5) is 12.1. The first-order valence-corrected chi connectivity index (χ1v) is 5.77. The number of furan rings is 1. The van der Waals surface area contributed by atoms with Gasteiger partial charge in [0.25, 0.3) is 5.91 Å². The van der Waals surface area contributed by atoms with Crippen LogP contribution < -0.4 is 5.32 Å². The van der Waals surface area contributed by atoms with E-state index in [1.54, 1.807) is 13.0 Å². The minimum atomic E-state index is -0.291. The smallest absolute Gasteiger partial charge is 0.255 e. The molecule has 1 aromatic heterocycles. The third kappa shape index (κ3) is 2.84. The number of alkyl halides is 1. The molecule has 0 aliphatic heterocycles. The SMILES string of the molecule is Cc1occc1C(=O)NC(C)(C)C(C)Br. The fourth-order valence-corrected chi connectivity index (χ4v) is 1.19. The van der Waals surface area contributed by atoms with Gasteiger partial charge in [-0.1, -0.05) is 22.9 Å². The quantitative estimate of drug-likeness (QED) is 0.861. The predicted octanol–water partition coefficient (Wildman–Crippen LogP) is 2.88. The molecule has 1 heterocycles. The van der Waals surface area contributed by atoms with Crippen molar-refractivity contribution in [3.63, 3.8) is 0 Å². The summed E-state index contributed by atoms with van der Waals surface area (Å²) in [6, 6.07) is 1.68. The van der Waals surface area contributed by atoms with E-state index < -0.39 is 0 Å². The first-order valence-electron chi connectivity index (χ1n) is 4.85. The van der Waals surface area contributed by atoms with Gasteiger partial charge in [-0.15, -0.1) is 0 Å². The zero-order valence-corrected chi connectivity index (χ0v) is 11.0. The van der Waals surface area contributed by atoms with Gasteiger partial charge >= 0.3 is 0 Å². The molecule has 84 valence electrons. The topological polar surface area (TPSA) is 42.2 Å². The Kier molecular flexibility index (Phi) is 3.60. The minimum Gasteiger partial charge on any atom is -0.469 e. The zero-order chi connectivity index (χ0) is 11.6. The van der Waals surface area contributed by atoms with Crippen molar-refractivity contribution in [3.05, 3.63) is 23.7 Å². The van der Waals surface area contributed by atoms with Crippen LogP contribution in [0.25, 0.3) is 0 Å². The summed E-state index contributed by atoms with van der Waals surface area (Å²) in [7, 11) is 0. The maximum Gasteiger partial charge on any atom is 0.255 e. The molecule has 15 heavy (non-hydrogen) atoms. The maximum atomic E-state index is 11.9. The third-order valence-electron chi connectivity index (χ3n) is 2.53. The summed E-state index contributed by atoms with van der Waals surface area (Å²) in [5, 5.41) is 2.95. The number of aryl methyl sites for hydroxylation is 1. The summed E-state index contributed by atoms with van der Waals surface area (Å²) in [5.41, 5.74) is 0.303. The van der Waals surface area contributed by atoms with Gasteiger partial charge in [0.1, 0.15) is 5.76 Å². The fourth-order valence-electron chi connectivity index (χ4n) is 1.08. The molecule has 1 atom stereocenters. The van der Waals surface area contributed by atoms with Crippen LogP contribution in [-0.2, 0) is 0 Å². The Labute approximate surface area is 98.4 Å². The van der Waals surface area contributed by atoms with Gasteiger partial charge in [0.05, 0.1) is 11.8 Å².